The molecule has 0 N–H and O–H groups in total. The molecule has 24 heavy (non-hydrogen) atoms. The molecule has 1 aliphatic heterocycles. The summed E-state index contributed by atoms with van der Waals surface area (Å²) in [5.41, 5.74) is 0.755. The van der Waals surface area contributed by atoms with E-state index in [0.717, 1.165) is 12.0 Å². The van der Waals surface area contributed by atoms with Crippen LogP contribution in [-0.2, 0) is 6.54 Å². The van der Waals surface area contributed by atoms with Crippen molar-refractivity contribution in [3.8, 4) is 23.1 Å². The van der Waals surface area contributed by atoms with E-state index in [-0.39, 0.29) is 12.4 Å². The monoisotopic (exact) mass is 348 g/mol. The Labute approximate surface area is 141 Å². The summed E-state index contributed by atoms with van der Waals surface area (Å²) in [6, 6.07) is 6.88. The van der Waals surface area contributed by atoms with Gasteiger partial charge in [-0.25, -0.2) is 4.79 Å². The molecule has 0 radical (unpaired) electrons. The van der Waals surface area contributed by atoms with E-state index in [4.69, 9.17) is 29.9 Å². The molecule has 2 aromatic heterocycles. The predicted octanol–water partition coefficient (Wildman–Crippen LogP) is 2.96. The van der Waals surface area contributed by atoms with E-state index in [2.05, 4.69) is 5.10 Å². The summed E-state index contributed by atoms with van der Waals surface area (Å²) >= 11 is 6.26. The van der Waals surface area contributed by atoms with Crippen molar-refractivity contribution in [3.05, 3.63) is 51.7 Å². The molecule has 124 valence electrons. The zero-order chi connectivity index (χ0) is 16.5. The van der Waals surface area contributed by atoms with Crippen molar-refractivity contribution < 1.29 is 18.3 Å². The van der Waals surface area contributed by atoms with E-state index in [1.54, 1.807) is 24.3 Å². The molecule has 0 amide bonds. The molecular weight excluding hydrogens is 336 g/mol. The van der Waals surface area contributed by atoms with Gasteiger partial charge in [0.25, 0.3) is 5.89 Å². The summed E-state index contributed by atoms with van der Waals surface area (Å²) in [5, 5.41) is 4.57. The van der Waals surface area contributed by atoms with Crippen molar-refractivity contribution >= 4 is 11.6 Å². The van der Waals surface area contributed by atoms with Crippen molar-refractivity contribution in [2.75, 3.05) is 13.2 Å². The van der Waals surface area contributed by atoms with Crippen molar-refractivity contribution in [2.24, 2.45) is 0 Å². The Kier molecular flexibility index (Phi) is 3.78. The Morgan fingerprint density at radius 1 is 1.25 bits per heavy atom. The average Bonchev–Trinajstić information content (AvgIpc) is 3.13. The van der Waals surface area contributed by atoms with Crippen LogP contribution < -0.4 is 15.2 Å². The fourth-order valence-electron chi connectivity index (χ4n) is 2.45. The van der Waals surface area contributed by atoms with E-state index >= 15 is 0 Å². The first-order chi connectivity index (χ1) is 11.7. The first-order valence-corrected chi connectivity index (χ1v) is 7.78. The molecule has 0 bridgehead atoms. The van der Waals surface area contributed by atoms with Gasteiger partial charge in [0.2, 0.25) is 0 Å². The standard InChI is InChI=1S/C16H13ClN2O5/c17-11-7-10(8-13-14(11)23-6-2-5-22-13)9-19-16(20)24-15(18-19)12-3-1-4-21-12/h1,3-4,7-8H,2,5-6,9H2. The lowest BCUT2D eigenvalue weighted by atomic mass is 10.2. The SMILES string of the molecule is O=c1oc(-c2ccco2)nn1Cc1cc(Cl)c2c(c1)OCCCO2. The van der Waals surface area contributed by atoms with Gasteiger partial charge in [0, 0.05) is 6.42 Å². The number of ether oxygens (including phenoxy) is 2. The van der Waals surface area contributed by atoms with Gasteiger partial charge >= 0.3 is 5.76 Å². The van der Waals surface area contributed by atoms with Crippen LogP contribution in [0.2, 0.25) is 5.02 Å². The van der Waals surface area contributed by atoms with E-state index < -0.39 is 5.76 Å². The maximum absolute atomic E-state index is 12.0. The summed E-state index contributed by atoms with van der Waals surface area (Å²) in [4.78, 5) is 12.0. The van der Waals surface area contributed by atoms with Crippen LogP contribution in [0.15, 0.2) is 44.2 Å². The lowest BCUT2D eigenvalue weighted by Gasteiger charge is -2.11. The number of hydrogen-bond donors (Lipinski definition) is 0. The second-order valence-corrected chi connectivity index (χ2v) is 5.67. The molecule has 7 nitrogen and oxygen atoms in total. The Balaban J connectivity index is 1.65. The molecule has 0 atom stereocenters. The number of hydrogen-bond acceptors (Lipinski definition) is 6. The molecule has 0 spiro atoms. The molecule has 1 aromatic carbocycles. The molecule has 3 heterocycles. The van der Waals surface area contributed by atoms with Crippen LogP contribution in [0.25, 0.3) is 11.7 Å². The normalized spacial score (nSPS) is 13.7. The molecule has 0 unspecified atom stereocenters. The smallest absolute Gasteiger partial charge is 0.437 e. The van der Waals surface area contributed by atoms with Gasteiger partial charge in [0.05, 0.1) is 31.0 Å². The van der Waals surface area contributed by atoms with Crippen molar-refractivity contribution in [1.29, 1.82) is 0 Å². The number of furan rings is 1. The lowest BCUT2D eigenvalue weighted by molar-refractivity contribution is 0.297. The topological polar surface area (TPSA) is 79.6 Å². The van der Waals surface area contributed by atoms with Gasteiger partial charge < -0.3 is 18.3 Å². The molecule has 1 aliphatic rings. The maximum Gasteiger partial charge on any atom is 0.437 e. The van der Waals surface area contributed by atoms with Crippen molar-refractivity contribution in [3.63, 3.8) is 0 Å². The average molecular weight is 349 g/mol. The molecule has 0 saturated heterocycles. The van der Waals surface area contributed by atoms with Crippen LogP contribution in [-0.4, -0.2) is 23.0 Å². The lowest BCUT2D eigenvalue weighted by Crippen LogP contribution is -2.16. The second kappa shape index (κ2) is 6.09. The van der Waals surface area contributed by atoms with Crippen LogP contribution in [0, 0.1) is 0 Å². The zero-order valence-electron chi connectivity index (χ0n) is 12.5. The summed E-state index contributed by atoms with van der Waals surface area (Å²) in [6.07, 6.45) is 2.27. The third-order valence-electron chi connectivity index (χ3n) is 3.53. The van der Waals surface area contributed by atoms with Gasteiger partial charge in [-0.1, -0.05) is 11.6 Å². The molecule has 0 fully saturated rings. The van der Waals surface area contributed by atoms with E-state index in [1.165, 1.54) is 10.9 Å². The van der Waals surface area contributed by atoms with Crippen LogP contribution in [0.5, 0.6) is 11.5 Å². The Morgan fingerprint density at radius 2 is 2.12 bits per heavy atom. The highest BCUT2D eigenvalue weighted by molar-refractivity contribution is 6.32. The Hall–Kier alpha value is -2.67. The number of aromatic nitrogens is 2. The number of benzene rings is 1. The van der Waals surface area contributed by atoms with Gasteiger partial charge in [-0.3, -0.25) is 0 Å². The Bertz CT molecular complexity index is 913. The number of nitrogens with zero attached hydrogens (tertiary/aromatic N) is 2. The van der Waals surface area contributed by atoms with Crippen molar-refractivity contribution in [2.45, 2.75) is 13.0 Å². The van der Waals surface area contributed by atoms with E-state index in [0.29, 0.717) is 35.5 Å². The number of halogens is 1. The summed E-state index contributed by atoms with van der Waals surface area (Å²) in [5.74, 6) is 1.04. The van der Waals surface area contributed by atoms with Crippen LogP contribution in [0.1, 0.15) is 12.0 Å². The van der Waals surface area contributed by atoms with Gasteiger partial charge in [0.1, 0.15) is 0 Å². The number of rotatable bonds is 3. The summed E-state index contributed by atoms with van der Waals surface area (Å²) in [6.45, 7) is 1.31. The first-order valence-electron chi connectivity index (χ1n) is 7.40. The molecule has 4 rings (SSSR count). The van der Waals surface area contributed by atoms with E-state index in [1.807, 2.05) is 0 Å². The Morgan fingerprint density at radius 3 is 2.96 bits per heavy atom. The minimum atomic E-state index is -0.579. The highest BCUT2D eigenvalue weighted by Crippen LogP contribution is 2.38. The third kappa shape index (κ3) is 2.78. The molecule has 0 saturated carbocycles. The minimum Gasteiger partial charge on any atom is -0.489 e. The predicted molar refractivity (Wildman–Crippen MR) is 84.6 cm³/mol. The highest BCUT2D eigenvalue weighted by atomic mass is 35.5. The maximum atomic E-state index is 12.0. The second-order valence-electron chi connectivity index (χ2n) is 5.26. The summed E-state index contributed by atoms with van der Waals surface area (Å²) < 4.78 is 22.7. The van der Waals surface area contributed by atoms with E-state index in [9.17, 15) is 4.79 Å². The van der Waals surface area contributed by atoms with Gasteiger partial charge in [-0.2, -0.15) is 4.68 Å². The fraction of sp³-hybridized carbons (Fsp3) is 0.250. The van der Waals surface area contributed by atoms with Gasteiger partial charge in [-0.15, -0.1) is 5.10 Å². The molecular formula is C16H13ClN2O5. The fourth-order valence-corrected chi connectivity index (χ4v) is 2.74. The number of fused-ring (bicyclic) bond motifs is 1. The summed E-state index contributed by atoms with van der Waals surface area (Å²) in [7, 11) is 0. The first kappa shape index (κ1) is 14.9. The van der Waals surface area contributed by atoms with Crippen LogP contribution in [0.4, 0.5) is 0 Å². The largest absolute Gasteiger partial charge is 0.489 e. The minimum absolute atomic E-state index is 0.130. The van der Waals surface area contributed by atoms with Crippen molar-refractivity contribution in [1.82, 2.24) is 9.78 Å². The van der Waals surface area contributed by atoms with Gasteiger partial charge in [-0.05, 0) is 29.8 Å². The molecule has 3 aromatic rings. The molecule has 0 aliphatic carbocycles. The highest BCUT2D eigenvalue weighted by Gasteiger charge is 2.18. The van der Waals surface area contributed by atoms with Crippen LogP contribution >= 0.6 is 11.6 Å². The van der Waals surface area contributed by atoms with Gasteiger partial charge in [0.15, 0.2) is 17.3 Å². The third-order valence-corrected chi connectivity index (χ3v) is 3.81. The molecule has 8 heteroatoms. The quantitative estimate of drug-likeness (QED) is 0.724. The zero-order valence-corrected chi connectivity index (χ0v) is 13.3. The van der Waals surface area contributed by atoms with Crippen LogP contribution in [0.3, 0.4) is 0 Å².